The molecule has 0 unspecified atom stereocenters. The van der Waals surface area contributed by atoms with E-state index in [4.69, 9.17) is 4.74 Å². The van der Waals surface area contributed by atoms with Crippen LogP contribution in [-0.4, -0.2) is 49.8 Å². The van der Waals surface area contributed by atoms with Crippen molar-refractivity contribution in [3.8, 4) is 0 Å². The van der Waals surface area contributed by atoms with Crippen LogP contribution in [0.5, 0.6) is 0 Å². The Bertz CT molecular complexity index is 619. The highest BCUT2D eigenvalue weighted by Crippen LogP contribution is 2.29. The average Bonchev–Trinajstić information content (AvgIpc) is 2.68. The summed E-state index contributed by atoms with van der Waals surface area (Å²) in [6.07, 6.45) is 6.89. The van der Waals surface area contributed by atoms with E-state index in [1.807, 2.05) is 18.9 Å². The molecule has 1 heterocycles. The lowest BCUT2D eigenvalue weighted by atomic mass is 9.94. The van der Waals surface area contributed by atoms with Crippen LogP contribution in [-0.2, 0) is 4.74 Å². The zero-order valence-corrected chi connectivity index (χ0v) is 15.8. The Kier molecular flexibility index (Phi) is 6.35. The maximum Gasteiger partial charge on any atom is 0.322 e. The second kappa shape index (κ2) is 8.71. The first kappa shape index (κ1) is 19.0. The molecule has 6 heteroatoms. The van der Waals surface area contributed by atoms with E-state index >= 15 is 0 Å². The van der Waals surface area contributed by atoms with E-state index < -0.39 is 0 Å². The van der Waals surface area contributed by atoms with Gasteiger partial charge in [-0.1, -0.05) is 26.2 Å². The van der Waals surface area contributed by atoms with Crippen LogP contribution in [0.4, 0.5) is 20.6 Å². The number of nitrogens with one attached hydrogen (secondary N) is 1. The van der Waals surface area contributed by atoms with Crippen molar-refractivity contribution in [3.05, 3.63) is 24.0 Å². The summed E-state index contributed by atoms with van der Waals surface area (Å²) in [4.78, 5) is 16.2. The molecule has 144 valence electrons. The molecule has 1 saturated heterocycles. The second-order valence-corrected chi connectivity index (χ2v) is 7.35. The van der Waals surface area contributed by atoms with E-state index in [1.165, 1.54) is 25.3 Å². The predicted octanol–water partition coefficient (Wildman–Crippen LogP) is 4.24. The molecule has 0 bridgehead atoms. The summed E-state index contributed by atoms with van der Waals surface area (Å²) in [7, 11) is 1.96. The van der Waals surface area contributed by atoms with Crippen molar-refractivity contribution in [1.82, 2.24) is 4.90 Å². The maximum atomic E-state index is 14.6. The average molecular weight is 363 g/mol. The summed E-state index contributed by atoms with van der Waals surface area (Å²) in [6.45, 7) is 3.73. The molecular weight excluding hydrogens is 333 g/mol. The topological polar surface area (TPSA) is 44.8 Å². The van der Waals surface area contributed by atoms with Crippen molar-refractivity contribution in [2.24, 2.45) is 0 Å². The summed E-state index contributed by atoms with van der Waals surface area (Å²) in [5, 5.41) is 2.82. The highest BCUT2D eigenvalue weighted by atomic mass is 19.1. The van der Waals surface area contributed by atoms with Gasteiger partial charge in [0.1, 0.15) is 5.82 Å². The van der Waals surface area contributed by atoms with Gasteiger partial charge in [0.15, 0.2) is 0 Å². The molecule has 1 aromatic rings. The van der Waals surface area contributed by atoms with Gasteiger partial charge >= 0.3 is 6.03 Å². The molecule has 0 spiro atoms. The van der Waals surface area contributed by atoms with Gasteiger partial charge < -0.3 is 19.9 Å². The van der Waals surface area contributed by atoms with Gasteiger partial charge in [-0.15, -0.1) is 0 Å². The van der Waals surface area contributed by atoms with Crippen LogP contribution >= 0.6 is 0 Å². The fourth-order valence-corrected chi connectivity index (χ4v) is 3.89. The normalized spacial score (nSPS) is 21.5. The largest absolute Gasteiger partial charge is 0.375 e. The zero-order valence-electron chi connectivity index (χ0n) is 15.8. The molecule has 1 aliphatic carbocycles. The Morgan fingerprint density at radius 1 is 1.35 bits per heavy atom. The van der Waals surface area contributed by atoms with E-state index in [9.17, 15) is 9.18 Å². The standard InChI is InChI=1S/C20H30FN3O2/c1-3-17-14-24(11-12-26-17)20(25)22-15-9-10-19(18(21)13-15)23(2)16-7-5-4-6-8-16/h9-10,13,16-17H,3-8,11-12,14H2,1-2H3,(H,22,25)/t17-/m1/s1. The summed E-state index contributed by atoms with van der Waals surface area (Å²) in [5.41, 5.74) is 1.10. The van der Waals surface area contributed by atoms with E-state index in [-0.39, 0.29) is 18.0 Å². The molecule has 1 atom stereocenters. The van der Waals surface area contributed by atoms with Crippen LogP contribution in [0.3, 0.4) is 0 Å². The molecule has 3 rings (SSSR count). The van der Waals surface area contributed by atoms with Crippen LogP contribution in [0.25, 0.3) is 0 Å². The lowest BCUT2D eigenvalue weighted by Crippen LogP contribution is -2.47. The van der Waals surface area contributed by atoms with Crippen molar-refractivity contribution < 1.29 is 13.9 Å². The third-order valence-electron chi connectivity index (χ3n) is 5.58. The van der Waals surface area contributed by atoms with Gasteiger partial charge in [0.2, 0.25) is 0 Å². The number of amides is 2. The highest BCUT2D eigenvalue weighted by Gasteiger charge is 2.24. The number of hydrogen-bond donors (Lipinski definition) is 1. The smallest absolute Gasteiger partial charge is 0.322 e. The van der Waals surface area contributed by atoms with Gasteiger partial charge in [0.25, 0.3) is 0 Å². The molecule has 2 fully saturated rings. The first-order valence-corrected chi connectivity index (χ1v) is 9.78. The lowest BCUT2D eigenvalue weighted by Gasteiger charge is -2.33. The molecule has 5 nitrogen and oxygen atoms in total. The number of ether oxygens (including phenoxy) is 1. The van der Waals surface area contributed by atoms with E-state index in [0.717, 1.165) is 19.3 Å². The number of benzene rings is 1. The molecule has 0 radical (unpaired) electrons. The molecule has 2 aliphatic rings. The fraction of sp³-hybridized carbons (Fsp3) is 0.650. The first-order chi connectivity index (χ1) is 12.6. The summed E-state index contributed by atoms with van der Waals surface area (Å²) in [6, 6.07) is 5.18. The molecule has 0 aromatic heterocycles. The second-order valence-electron chi connectivity index (χ2n) is 7.35. The third-order valence-corrected chi connectivity index (χ3v) is 5.58. The van der Waals surface area contributed by atoms with Crippen LogP contribution in [0.2, 0.25) is 0 Å². The van der Waals surface area contributed by atoms with Gasteiger partial charge in [-0.25, -0.2) is 9.18 Å². The number of rotatable bonds is 4. The number of anilines is 2. The van der Waals surface area contributed by atoms with Crippen LogP contribution in [0.15, 0.2) is 18.2 Å². The van der Waals surface area contributed by atoms with Gasteiger partial charge in [-0.05, 0) is 37.5 Å². The van der Waals surface area contributed by atoms with Crippen LogP contribution in [0, 0.1) is 5.82 Å². The Morgan fingerprint density at radius 2 is 2.12 bits per heavy atom. The Labute approximate surface area is 155 Å². The minimum Gasteiger partial charge on any atom is -0.375 e. The van der Waals surface area contributed by atoms with Crippen molar-refractivity contribution in [2.45, 2.75) is 57.6 Å². The summed E-state index contributed by atoms with van der Waals surface area (Å²) in [5.74, 6) is -0.288. The van der Waals surface area contributed by atoms with Crippen molar-refractivity contribution in [1.29, 1.82) is 0 Å². The quantitative estimate of drug-likeness (QED) is 0.870. The van der Waals surface area contributed by atoms with E-state index in [0.29, 0.717) is 37.1 Å². The molecule has 1 saturated carbocycles. The Hall–Kier alpha value is -1.82. The minimum absolute atomic E-state index is 0.0813. The lowest BCUT2D eigenvalue weighted by molar-refractivity contribution is -0.0134. The summed E-state index contributed by atoms with van der Waals surface area (Å²) < 4.78 is 20.2. The zero-order chi connectivity index (χ0) is 18.5. The van der Waals surface area contributed by atoms with Crippen molar-refractivity contribution >= 4 is 17.4 Å². The number of hydrogen-bond acceptors (Lipinski definition) is 3. The molecule has 1 N–H and O–H groups in total. The summed E-state index contributed by atoms with van der Waals surface area (Å²) >= 11 is 0. The highest BCUT2D eigenvalue weighted by molar-refractivity contribution is 5.89. The predicted molar refractivity (Wildman–Crippen MR) is 102 cm³/mol. The van der Waals surface area contributed by atoms with Crippen molar-refractivity contribution in [2.75, 3.05) is 37.0 Å². The van der Waals surface area contributed by atoms with Crippen LogP contribution in [0.1, 0.15) is 45.4 Å². The van der Waals surface area contributed by atoms with E-state index in [1.54, 1.807) is 17.0 Å². The molecule has 26 heavy (non-hydrogen) atoms. The SMILES string of the molecule is CC[C@@H]1CN(C(=O)Nc2ccc(N(C)C3CCCCC3)c(F)c2)CCO1. The number of carbonyl (C=O) groups excluding carboxylic acids is 1. The number of nitrogens with zero attached hydrogens (tertiary/aromatic N) is 2. The van der Waals surface area contributed by atoms with Crippen molar-refractivity contribution in [3.63, 3.8) is 0 Å². The van der Waals surface area contributed by atoms with Gasteiger partial charge in [-0.2, -0.15) is 0 Å². The first-order valence-electron chi connectivity index (χ1n) is 9.78. The molecule has 1 aromatic carbocycles. The third kappa shape index (κ3) is 4.47. The maximum absolute atomic E-state index is 14.6. The number of morpholine rings is 1. The number of urea groups is 1. The number of halogens is 1. The van der Waals surface area contributed by atoms with Gasteiger partial charge in [0, 0.05) is 31.9 Å². The molecular formula is C20H30FN3O2. The molecule has 1 aliphatic heterocycles. The monoisotopic (exact) mass is 363 g/mol. The van der Waals surface area contributed by atoms with Crippen LogP contribution < -0.4 is 10.2 Å². The number of carbonyl (C=O) groups is 1. The molecule has 2 amide bonds. The Morgan fingerprint density at radius 3 is 2.81 bits per heavy atom. The minimum atomic E-state index is -0.288. The Balaban J connectivity index is 1.62. The van der Waals surface area contributed by atoms with Gasteiger partial charge in [0.05, 0.1) is 18.4 Å². The van der Waals surface area contributed by atoms with E-state index in [2.05, 4.69) is 5.32 Å². The fourth-order valence-electron chi connectivity index (χ4n) is 3.89. The van der Waals surface area contributed by atoms with Gasteiger partial charge in [-0.3, -0.25) is 0 Å².